The Kier molecular flexibility index (Phi) is 7.84. The molecule has 3 N–H and O–H groups in total. The summed E-state index contributed by atoms with van der Waals surface area (Å²) < 4.78 is 11.0. The fourth-order valence-corrected chi connectivity index (χ4v) is 5.16. The fraction of sp³-hybridized carbons (Fsp3) is 0.290. The van der Waals surface area contributed by atoms with Gasteiger partial charge in [0, 0.05) is 23.6 Å². The molecule has 2 heterocycles. The molecular formula is C31H33N3O5. The number of nitrogens with one attached hydrogen (secondary N) is 1. The molecule has 39 heavy (non-hydrogen) atoms. The number of piperidine rings is 1. The maximum absolute atomic E-state index is 11.2. The summed E-state index contributed by atoms with van der Waals surface area (Å²) in [6, 6.07) is 21.6. The summed E-state index contributed by atoms with van der Waals surface area (Å²) >= 11 is 0. The van der Waals surface area contributed by atoms with E-state index in [9.17, 15) is 15.0 Å². The van der Waals surface area contributed by atoms with E-state index in [-0.39, 0.29) is 11.8 Å². The van der Waals surface area contributed by atoms with Crippen molar-refractivity contribution in [1.29, 1.82) is 0 Å². The summed E-state index contributed by atoms with van der Waals surface area (Å²) in [5.41, 5.74) is 4.78. The minimum absolute atomic E-state index is 0.0196. The van der Waals surface area contributed by atoms with Gasteiger partial charge < -0.3 is 29.6 Å². The first-order valence-corrected chi connectivity index (χ1v) is 13.1. The Balaban J connectivity index is 1.42. The highest BCUT2D eigenvalue weighted by molar-refractivity contribution is 6.22. The van der Waals surface area contributed by atoms with Gasteiger partial charge >= 0.3 is 5.97 Å². The summed E-state index contributed by atoms with van der Waals surface area (Å²) in [4.78, 5) is 21.6. The van der Waals surface area contributed by atoms with Crippen LogP contribution in [0.2, 0.25) is 0 Å². The Morgan fingerprint density at radius 1 is 1.00 bits per heavy atom. The highest BCUT2D eigenvalue weighted by Crippen LogP contribution is 2.38. The van der Waals surface area contributed by atoms with Crippen molar-refractivity contribution < 1.29 is 24.5 Å². The quantitative estimate of drug-likeness (QED) is 0.252. The summed E-state index contributed by atoms with van der Waals surface area (Å²) in [7, 11) is 3.16. The Hall–Kier alpha value is -4.30. The number of carboxylic acids is 1. The maximum atomic E-state index is 11.2. The molecule has 0 atom stereocenters. The summed E-state index contributed by atoms with van der Waals surface area (Å²) in [6.45, 7) is 2.55. The van der Waals surface area contributed by atoms with Gasteiger partial charge in [0.2, 0.25) is 0 Å². The second-order valence-electron chi connectivity index (χ2n) is 9.80. The number of likely N-dealkylation sites (tertiary alicyclic amines) is 1. The van der Waals surface area contributed by atoms with Crippen molar-refractivity contribution in [2.75, 3.05) is 33.9 Å². The van der Waals surface area contributed by atoms with Crippen LogP contribution in [0.25, 0.3) is 10.9 Å². The van der Waals surface area contributed by atoms with Crippen molar-refractivity contribution in [3.05, 3.63) is 83.4 Å². The number of aromatic nitrogens is 1. The molecule has 1 aromatic heterocycles. The number of aromatic hydroxyl groups is 1. The van der Waals surface area contributed by atoms with Gasteiger partial charge in [0.1, 0.15) is 0 Å². The van der Waals surface area contributed by atoms with E-state index in [4.69, 9.17) is 14.5 Å². The van der Waals surface area contributed by atoms with Gasteiger partial charge in [-0.3, -0.25) is 4.79 Å². The Bertz CT molecular complexity index is 1470. The molecule has 0 aliphatic carbocycles. The third-order valence-corrected chi connectivity index (χ3v) is 7.40. The second-order valence-corrected chi connectivity index (χ2v) is 9.80. The van der Waals surface area contributed by atoms with Crippen LogP contribution < -0.4 is 9.47 Å². The van der Waals surface area contributed by atoms with Gasteiger partial charge in [0.25, 0.3) is 0 Å². The van der Waals surface area contributed by atoms with E-state index in [0.29, 0.717) is 41.1 Å². The third kappa shape index (κ3) is 5.76. The van der Waals surface area contributed by atoms with Crippen LogP contribution in [-0.2, 0) is 11.2 Å². The van der Waals surface area contributed by atoms with E-state index in [1.54, 1.807) is 20.3 Å². The molecule has 1 fully saturated rings. The van der Waals surface area contributed by atoms with Crippen LogP contribution in [0.4, 0.5) is 5.69 Å². The smallest absolute Gasteiger partial charge is 0.306 e. The molecule has 1 aliphatic heterocycles. The molecule has 0 amide bonds. The summed E-state index contributed by atoms with van der Waals surface area (Å²) in [5.74, 6) is 0.260. The molecule has 4 aromatic rings. The highest BCUT2D eigenvalue weighted by Gasteiger charge is 2.24. The first-order chi connectivity index (χ1) is 19.0. The number of rotatable bonds is 9. The fourth-order valence-electron chi connectivity index (χ4n) is 5.16. The normalized spacial score (nSPS) is 15.0. The topological polar surface area (TPSA) is 107 Å². The average Bonchev–Trinajstić information content (AvgIpc) is 3.29. The minimum Gasteiger partial charge on any atom is -0.494 e. The third-order valence-electron chi connectivity index (χ3n) is 7.40. The van der Waals surface area contributed by atoms with Crippen LogP contribution >= 0.6 is 0 Å². The number of methoxy groups -OCH3 is 2. The van der Waals surface area contributed by atoms with E-state index in [0.717, 1.165) is 42.7 Å². The zero-order chi connectivity index (χ0) is 27.4. The lowest BCUT2D eigenvalue weighted by atomic mass is 9.97. The van der Waals surface area contributed by atoms with E-state index in [1.165, 1.54) is 5.56 Å². The first kappa shape index (κ1) is 26.3. The zero-order valence-electron chi connectivity index (χ0n) is 22.2. The molecule has 3 aromatic carbocycles. The van der Waals surface area contributed by atoms with E-state index in [1.807, 2.05) is 48.5 Å². The highest BCUT2D eigenvalue weighted by atomic mass is 16.5. The predicted molar refractivity (Wildman–Crippen MR) is 152 cm³/mol. The molecule has 0 radical (unpaired) electrons. The molecule has 0 bridgehead atoms. The molecule has 8 nitrogen and oxygen atoms in total. The Morgan fingerprint density at radius 2 is 1.67 bits per heavy atom. The molecular weight excluding hydrogens is 494 g/mol. The lowest BCUT2D eigenvalue weighted by molar-refractivity contribution is -0.143. The van der Waals surface area contributed by atoms with Crippen molar-refractivity contribution >= 4 is 28.3 Å². The van der Waals surface area contributed by atoms with Crippen molar-refractivity contribution in [1.82, 2.24) is 9.88 Å². The number of H-pyrrole nitrogens is 1. The maximum Gasteiger partial charge on any atom is 0.306 e. The lowest BCUT2D eigenvalue weighted by Gasteiger charge is -2.29. The molecule has 1 saturated heterocycles. The van der Waals surface area contributed by atoms with E-state index in [2.05, 4.69) is 22.0 Å². The zero-order valence-corrected chi connectivity index (χ0v) is 22.2. The van der Waals surface area contributed by atoms with Gasteiger partial charge in [-0.1, -0.05) is 42.5 Å². The van der Waals surface area contributed by atoms with Gasteiger partial charge in [0.15, 0.2) is 17.4 Å². The van der Waals surface area contributed by atoms with Crippen LogP contribution in [0.3, 0.4) is 0 Å². The standard InChI is InChI=1S/C31H33N3O5/c1-38-26-18-24-25(19-27(26)39-2)33-30(35)28(24)29(21-6-4-3-5-7-21)32-23-10-8-20(9-11-23)12-15-34-16-13-22(14-17-34)31(36)37/h3-11,18-19,22,33,35H,12-17H2,1-2H3,(H,36,37). The SMILES string of the molecule is COc1cc2[nH]c(O)c(C(=Nc3ccc(CCN4CCC(C(=O)O)CC4)cc3)c3ccccc3)c2cc1OC. The predicted octanol–water partition coefficient (Wildman–Crippen LogP) is 5.40. The van der Waals surface area contributed by atoms with Crippen molar-refractivity contribution in [3.8, 4) is 17.4 Å². The summed E-state index contributed by atoms with van der Waals surface area (Å²) in [6.07, 6.45) is 2.31. The average molecular weight is 528 g/mol. The molecule has 0 saturated carbocycles. The number of ether oxygens (including phenoxy) is 2. The Labute approximate surface area is 227 Å². The van der Waals surface area contributed by atoms with Crippen molar-refractivity contribution in [2.24, 2.45) is 10.9 Å². The monoisotopic (exact) mass is 527 g/mol. The van der Waals surface area contributed by atoms with Crippen LogP contribution in [0.5, 0.6) is 17.4 Å². The van der Waals surface area contributed by atoms with E-state index >= 15 is 0 Å². The van der Waals surface area contributed by atoms with E-state index < -0.39 is 5.97 Å². The number of nitrogens with zero attached hydrogens (tertiary/aromatic N) is 2. The van der Waals surface area contributed by atoms with Crippen LogP contribution in [0.1, 0.15) is 29.5 Å². The largest absolute Gasteiger partial charge is 0.494 e. The molecule has 5 rings (SSSR count). The van der Waals surface area contributed by atoms with Gasteiger partial charge in [-0.15, -0.1) is 0 Å². The van der Waals surface area contributed by atoms with Crippen LogP contribution in [0, 0.1) is 5.92 Å². The molecule has 0 spiro atoms. The number of hydrogen-bond donors (Lipinski definition) is 3. The number of benzene rings is 3. The number of carbonyl (C=O) groups is 1. The number of fused-ring (bicyclic) bond motifs is 1. The number of aliphatic carboxylic acids is 1. The van der Waals surface area contributed by atoms with Gasteiger partial charge in [-0.05, 0) is 56.1 Å². The Morgan fingerprint density at radius 3 is 2.31 bits per heavy atom. The summed E-state index contributed by atoms with van der Waals surface area (Å²) in [5, 5.41) is 21.0. The van der Waals surface area contributed by atoms with Gasteiger partial charge in [-0.2, -0.15) is 0 Å². The molecule has 202 valence electrons. The van der Waals surface area contributed by atoms with Crippen molar-refractivity contribution in [3.63, 3.8) is 0 Å². The minimum atomic E-state index is -0.680. The number of aliphatic imine (C=N–C) groups is 1. The van der Waals surface area contributed by atoms with Crippen molar-refractivity contribution in [2.45, 2.75) is 19.3 Å². The van der Waals surface area contributed by atoms with Gasteiger partial charge in [-0.25, -0.2) is 4.99 Å². The number of hydrogen-bond acceptors (Lipinski definition) is 6. The van der Waals surface area contributed by atoms with Gasteiger partial charge in [0.05, 0.1) is 42.6 Å². The number of carboxylic acid groups (broad SMARTS) is 1. The van der Waals surface area contributed by atoms with Crippen LogP contribution in [0.15, 0.2) is 71.7 Å². The molecule has 1 aliphatic rings. The first-order valence-electron chi connectivity index (χ1n) is 13.1. The second kappa shape index (κ2) is 11.6. The molecule has 8 heteroatoms. The molecule has 0 unspecified atom stereocenters. The lowest BCUT2D eigenvalue weighted by Crippen LogP contribution is -2.37. The van der Waals surface area contributed by atoms with Crippen LogP contribution in [-0.4, -0.2) is 65.6 Å². The number of aromatic amines is 1.